The van der Waals surface area contributed by atoms with Gasteiger partial charge in [0.1, 0.15) is 11.6 Å². The van der Waals surface area contributed by atoms with Gasteiger partial charge in [0.2, 0.25) is 0 Å². The number of fused-ring (bicyclic) bond motifs is 1. The number of ether oxygens (including phenoxy) is 3. The highest BCUT2D eigenvalue weighted by Gasteiger charge is 2.30. The number of aromatic nitrogens is 5. The Morgan fingerprint density at radius 1 is 1.31 bits per heavy atom. The van der Waals surface area contributed by atoms with Gasteiger partial charge in [-0.05, 0) is 45.1 Å². The third kappa shape index (κ3) is 5.73. The SMILES string of the molecule is CCC(C)NC(=O)O[C@@H]1CC[C@H](c2cc(Nc3nccn4nc(COC5CCOC5)cc34)n[nH]2)C1. The van der Waals surface area contributed by atoms with E-state index in [-0.39, 0.29) is 30.3 Å². The van der Waals surface area contributed by atoms with Crippen molar-refractivity contribution in [2.45, 2.75) is 76.7 Å². The maximum absolute atomic E-state index is 12.0. The standard InChI is InChI=1S/C24H33N7O4/c1-3-15(2)26-24(32)35-18-5-4-16(10-18)20-12-22(29-28-20)27-23-21-11-17(30-31(21)8-7-25-23)13-34-19-6-9-33-14-19/h7-8,11-12,15-16,18-19H,3-6,9-10,13-14H2,1-2H3,(H,26,32)(H2,25,27,28,29)/t15?,16-,18+,19?/m0/s1. The molecule has 11 nitrogen and oxygen atoms in total. The van der Waals surface area contributed by atoms with Crippen LogP contribution in [0.1, 0.15) is 63.3 Å². The van der Waals surface area contributed by atoms with Crippen LogP contribution < -0.4 is 10.6 Å². The molecule has 0 radical (unpaired) electrons. The van der Waals surface area contributed by atoms with Gasteiger partial charge < -0.3 is 24.8 Å². The van der Waals surface area contributed by atoms with Crippen LogP contribution in [0.5, 0.6) is 0 Å². The highest BCUT2D eigenvalue weighted by atomic mass is 16.6. The van der Waals surface area contributed by atoms with Crippen LogP contribution in [0.4, 0.5) is 16.4 Å². The van der Waals surface area contributed by atoms with E-state index in [1.165, 1.54) is 0 Å². The van der Waals surface area contributed by atoms with E-state index in [2.05, 4.69) is 30.9 Å². The van der Waals surface area contributed by atoms with Crippen LogP contribution in [0.25, 0.3) is 5.52 Å². The molecule has 1 aliphatic carbocycles. The number of anilines is 2. The monoisotopic (exact) mass is 483 g/mol. The predicted molar refractivity (Wildman–Crippen MR) is 129 cm³/mol. The summed E-state index contributed by atoms with van der Waals surface area (Å²) >= 11 is 0. The Morgan fingerprint density at radius 2 is 2.23 bits per heavy atom. The lowest BCUT2D eigenvalue weighted by molar-refractivity contribution is 0.0300. The highest BCUT2D eigenvalue weighted by molar-refractivity contribution is 5.72. The fourth-order valence-corrected chi connectivity index (χ4v) is 4.54. The first kappa shape index (κ1) is 23.6. The summed E-state index contributed by atoms with van der Waals surface area (Å²) in [6, 6.07) is 4.08. The van der Waals surface area contributed by atoms with Gasteiger partial charge in [0.15, 0.2) is 11.6 Å². The fraction of sp³-hybridized carbons (Fsp3) is 0.583. The molecule has 4 atom stereocenters. The van der Waals surface area contributed by atoms with Gasteiger partial charge in [0, 0.05) is 42.7 Å². The van der Waals surface area contributed by atoms with Gasteiger partial charge in [-0.1, -0.05) is 6.92 Å². The molecule has 188 valence electrons. The molecule has 3 aromatic rings. The van der Waals surface area contributed by atoms with Crippen LogP contribution in [-0.2, 0) is 20.8 Å². The van der Waals surface area contributed by atoms with Gasteiger partial charge in [-0.3, -0.25) is 5.10 Å². The van der Waals surface area contributed by atoms with Crippen molar-refractivity contribution in [3.8, 4) is 0 Å². The molecule has 2 unspecified atom stereocenters. The minimum absolute atomic E-state index is 0.0811. The summed E-state index contributed by atoms with van der Waals surface area (Å²) in [5.41, 5.74) is 2.71. The minimum atomic E-state index is -0.335. The third-order valence-electron chi connectivity index (χ3n) is 6.71. The summed E-state index contributed by atoms with van der Waals surface area (Å²) in [5.74, 6) is 1.62. The zero-order valence-corrected chi connectivity index (χ0v) is 20.2. The summed E-state index contributed by atoms with van der Waals surface area (Å²) in [4.78, 5) is 16.5. The number of rotatable bonds is 9. The topological polar surface area (TPSA) is 128 Å². The van der Waals surface area contributed by atoms with E-state index in [0.29, 0.717) is 24.8 Å². The number of amides is 1. The molecule has 3 N–H and O–H groups in total. The molecule has 3 aromatic heterocycles. The molecule has 1 saturated heterocycles. The molecule has 35 heavy (non-hydrogen) atoms. The lowest BCUT2D eigenvalue weighted by Gasteiger charge is -2.16. The molecule has 5 rings (SSSR count). The van der Waals surface area contributed by atoms with Crippen molar-refractivity contribution in [3.63, 3.8) is 0 Å². The maximum Gasteiger partial charge on any atom is 0.407 e. The second-order valence-corrected chi connectivity index (χ2v) is 9.36. The van der Waals surface area contributed by atoms with Gasteiger partial charge in [0.05, 0.1) is 25.0 Å². The zero-order chi connectivity index (χ0) is 24.2. The van der Waals surface area contributed by atoms with Crippen molar-refractivity contribution in [3.05, 3.63) is 35.9 Å². The van der Waals surface area contributed by atoms with Crippen molar-refractivity contribution in [1.82, 2.24) is 30.1 Å². The molecule has 11 heteroatoms. The Bertz CT molecular complexity index is 1140. The Kier molecular flexibility index (Phi) is 7.14. The fourth-order valence-electron chi connectivity index (χ4n) is 4.54. The van der Waals surface area contributed by atoms with Gasteiger partial charge in [-0.2, -0.15) is 10.2 Å². The Balaban J connectivity index is 1.19. The van der Waals surface area contributed by atoms with Gasteiger partial charge in [0.25, 0.3) is 0 Å². The summed E-state index contributed by atoms with van der Waals surface area (Å²) in [5, 5.41) is 18.3. The number of carbonyl (C=O) groups is 1. The molecule has 4 heterocycles. The predicted octanol–water partition coefficient (Wildman–Crippen LogP) is 3.66. The Labute approximate surface area is 203 Å². The normalized spacial score (nSPS) is 23.0. The number of hydrogen-bond acceptors (Lipinski definition) is 8. The molecule has 1 amide bonds. The van der Waals surface area contributed by atoms with Crippen LogP contribution in [0.2, 0.25) is 0 Å². The van der Waals surface area contributed by atoms with Crippen LogP contribution in [0, 0.1) is 0 Å². The quantitative estimate of drug-likeness (QED) is 0.421. The second-order valence-electron chi connectivity index (χ2n) is 9.36. The van der Waals surface area contributed by atoms with Crippen molar-refractivity contribution in [2.24, 2.45) is 0 Å². The third-order valence-corrected chi connectivity index (χ3v) is 6.71. The van der Waals surface area contributed by atoms with Crippen molar-refractivity contribution in [2.75, 3.05) is 18.5 Å². The van der Waals surface area contributed by atoms with Gasteiger partial charge in [-0.15, -0.1) is 0 Å². The average Bonchev–Trinajstić information content (AvgIpc) is 3.64. The first-order valence-corrected chi connectivity index (χ1v) is 12.4. The van der Waals surface area contributed by atoms with Crippen LogP contribution in [0.15, 0.2) is 24.5 Å². The first-order valence-electron chi connectivity index (χ1n) is 12.4. The minimum Gasteiger partial charge on any atom is -0.446 e. The number of nitrogens with zero attached hydrogens (tertiary/aromatic N) is 4. The Hall–Kier alpha value is -3.18. The average molecular weight is 484 g/mol. The molecular weight excluding hydrogens is 450 g/mol. The van der Waals surface area contributed by atoms with Gasteiger partial charge >= 0.3 is 6.09 Å². The summed E-state index contributed by atoms with van der Waals surface area (Å²) < 4.78 is 18.7. The van der Waals surface area contributed by atoms with E-state index >= 15 is 0 Å². The van der Waals surface area contributed by atoms with E-state index in [1.54, 1.807) is 10.7 Å². The molecule has 0 spiro atoms. The van der Waals surface area contributed by atoms with E-state index in [9.17, 15) is 4.79 Å². The number of alkyl carbamates (subject to hydrolysis) is 1. The second kappa shape index (κ2) is 10.6. The molecule has 1 saturated carbocycles. The van der Waals surface area contributed by atoms with E-state index in [1.807, 2.05) is 32.2 Å². The largest absolute Gasteiger partial charge is 0.446 e. The molecular formula is C24H33N7O4. The molecule has 0 bridgehead atoms. The molecule has 0 aromatic carbocycles. The van der Waals surface area contributed by atoms with Crippen molar-refractivity contribution in [1.29, 1.82) is 0 Å². The zero-order valence-electron chi connectivity index (χ0n) is 20.2. The first-order chi connectivity index (χ1) is 17.1. The van der Waals surface area contributed by atoms with Crippen molar-refractivity contribution < 1.29 is 19.0 Å². The van der Waals surface area contributed by atoms with Crippen LogP contribution in [0.3, 0.4) is 0 Å². The highest BCUT2D eigenvalue weighted by Crippen LogP contribution is 2.36. The number of carbonyl (C=O) groups excluding carboxylic acids is 1. The lowest BCUT2D eigenvalue weighted by Crippen LogP contribution is -2.34. The smallest absolute Gasteiger partial charge is 0.407 e. The number of aromatic amines is 1. The van der Waals surface area contributed by atoms with Crippen LogP contribution >= 0.6 is 0 Å². The summed E-state index contributed by atoms with van der Waals surface area (Å²) in [6.45, 7) is 5.83. The summed E-state index contributed by atoms with van der Waals surface area (Å²) in [7, 11) is 0. The number of nitrogens with one attached hydrogen (secondary N) is 3. The van der Waals surface area contributed by atoms with E-state index in [0.717, 1.165) is 55.6 Å². The van der Waals surface area contributed by atoms with Crippen LogP contribution in [-0.4, -0.2) is 62.4 Å². The Morgan fingerprint density at radius 3 is 3.06 bits per heavy atom. The maximum atomic E-state index is 12.0. The molecule has 2 aliphatic rings. The number of H-pyrrole nitrogens is 1. The lowest BCUT2D eigenvalue weighted by atomic mass is 10.0. The molecule has 1 aliphatic heterocycles. The summed E-state index contributed by atoms with van der Waals surface area (Å²) in [6.07, 6.45) is 7.59. The van der Waals surface area contributed by atoms with Crippen molar-refractivity contribution >= 4 is 23.2 Å². The van der Waals surface area contributed by atoms with E-state index in [4.69, 9.17) is 14.2 Å². The van der Waals surface area contributed by atoms with E-state index < -0.39 is 0 Å². The van der Waals surface area contributed by atoms with Gasteiger partial charge in [-0.25, -0.2) is 14.3 Å². The molecule has 2 fully saturated rings. The number of hydrogen-bond donors (Lipinski definition) is 3.